The first-order valence-corrected chi connectivity index (χ1v) is 7.55. The highest BCUT2D eigenvalue weighted by Gasteiger charge is 2.01. The van der Waals surface area contributed by atoms with Crippen LogP contribution in [0.15, 0.2) is 54.6 Å². The van der Waals surface area contributed by atoms with Crippen molar-refractivity contribution in [1.29, 1.82) is 0 Å². The largest absolute Gasteiger partial charge is 0.494 e. The third kappa shape index (κ3) is 5.48. The van der Waals surface area contributed by atoms with Gasteiger partial charge in [-0.15, -0.1) is 0 Å². The number of benzene rings is 2. The molecule has 0 saturated carbocycles. The number of nitrogens with one attached hydrogen (secondary N) is 2. The number of hydrogen-bond donors (Lipinski definition) is 2. The second kappa shape index (κ2) is 8.72. The first-order valence-electron chi connectivity index (χ1n) is 7.55. The highest BCUT2D eigenvalue weighted by Crippen LogP contribution is 2.12. The van der Waals surface area contributed by atoms with E-state index >= 15 is 0 Å². The van der Waals surface area contributed by atoms with Crippen molar-refractivity contribution < 1.29 is 9.53 Å². The summed E-state index contributed by atoms with van der Waals surface area (Å²) < 4.78 is 5.52. The Morgan fingerprint density at radius 3 is 2.09 bits per heavy atom. The molecule has 0 fully saturated rings. The molecule has 0 spiro atoms. The third-order valence-corrected chi connectivity index (χ3v) is 3.15. The van der Waals surface area contributed by atoms with Crippen LogP contribution in [-0.4, -0.2) is 12.6 Å². The second-order valence-corrected chi connectivity index (χ2v) is 5.01. The molecule has 0 radical (unpaired) electrons. The van der Waals surface area contributed by atoms with Crippen LogP contribution in [-0.2, 0) is 13.1 Å². The molecule has 2 N–H and O–H groups in total. The van der Waals surface area contributed by atoms with Crippen LogP contribution in [0.5, 0.6) is 5.75 Å². The van der Waals surface area contributed by atoms with E-state index in [0.717, 1.165) is 29.9 Å². The van der Waals surface area contributed by atoms with Gasteiger partial charge < -0.3 is 15.4 Å². The zero-order chi connectivity index (χ0) is 15.6. The summed E-state index contributed by atoms with van der Waals surface area (Å²) in [6.07, 6.45) is 0.991. The lowest BCUT2D eigenvalue weighted by molar-refractivity contribution is 0.240. The molecule has 0 bridgehead atoms. The Bertz CT molecular complexity index is 567. The van der Waals surface area contributed by atoms with Crippen LogP contribution < -0.4 is 15.4 Å². The standard InChI is InChI=1S/C18H22N2O2/c1-2-12-22-17-10-8-16(9-11-17)14-20-18(21)19-13-15-6-4-3-5-7-15/h3-11H,2,12-14H2,1H3,(H2,19,20,21). The van der Waals surface area contributed by atoms with Crippen LogP contribution in [0.4, 0.5) is 4.79 Å². The molecule has 0 unspecified atom stereocenters. The summed E-state index contributed by atoms with van der Waals surface area (Å²) in [7, 11) is 0. The highest BCUT2D eigenvalue weighted by molar-refractivity contribution is 5.73. The van der Waals surface area contributed by atoms with E-state index in [-0.39, 0.29) is 6.03 Å². The lowest BCUT2D eigenvalue weighted by atomic mass is 10.2. The third-order valence-electron chi connectivity index (χ3n) is 3.15. The van der Waals surface area contributed by atoms with E-state index in [9.17, 15) is 4.79 Å². The van der Waals surface area contributed by atoms with Crippen molar-refractivity contribution in [3.8, 4) is 5.75 Å². The average molecular weight is 298 g/mol. The van der Waals surface area contributed by atoms with Gasteiger partial charge in [-0.2, -0.15) is 0 Å². The van der Waals surface area contributed by atoms with Gasteiger partial charge in [0.25, 0.3) is 0 Å². The molecule has 2 aromatic carbocycles. The lowest BCUT2D eigenvalue weighted by Crippen LogP contribution is -2.34. The summed E-state index contributed by atoms with van der Waals surface area (Å²) in [6, 6.07) is 17.4. The van der Waals surface area contributed by atoms with Gasteiger partial charge in [0.2, 0.25) is 0 Å². The van der Waals surface area contributed by atoms with Crippen molar-refractivity contribution in [1.82, 2.24) is 10.6 Å². The summed E-state index contributed by atoms with van der Waals surface area (Å²) >= 11 is 0. The van der Waals surface area contributed by atoms with Crippen molar-refractivity contribution in [3.63, 3.8) is 0 Å². The number of carbonyl (C=O) groups is 1. The van der Waals surface area contributed by atoms with Crippen molar-refractivity contribution in [3.05, 3.63) is 65.7 Å². The van der Waals surface area contributed by atoms with Crippen molar-refractivity contribution >= 4 is 6.03 Å². The average Bonchev–Trinajstić information content (AvgIpc) is 2.58. The molecule has 2 amide bonds. The Labute approximate surface area is 131 Å². The number of carbonyl (C=O) groups excluding carboxylic acids is 1. The van der Waals surface area contributed by atoms with Gasteiger partial charge in [0, 0.05) is 13.1 Å². The Hall–Kier alpha value is -2.49. The maximum atomic E-state index is 11.8. The second-order valence-electron chi connectivity index (χ2n) is 5.01. The van der Waals surface area contributed by atoms with E-state index in [4.69, 9.17) is 4.74 Å². The van der Waals surface area contributed by atoms with E-state index in [1.54, 1.807) is 0 Å². The minimum Gasteiger partial charge on any atom is -0.494 e. The SMILES string of the molecule is CCCOc1ccc(CNC(=O)NCc2ccccc2)cc1. The molecular weight excluding hydrogens is 276 g/mol. The first kappa shape index (κ1) is 15.9. The Kier molecular flexibility index (Phi) is 6.30. The number of amides is 2. The maximum absolute atomic E-state index is 11.8. The predicted molar refractivity (Wildman–Crippen MR) is 87.7 cm³/mol. The fourth-order valence-corrected chi connectivity index (χ4v) is 1.95. The summed E-state index contributed by atoms with van der Waals surface area (Å²) in [6.45, 7) is 3.82. The van der Waals surface area contributed by atoms with Crippen molar-refractivity contribution in [2.24, 2.45) is 0 Å². The summed E-state index contributed by atoms with van der Waals surface area (Å²) in [5.74, 6) is 0.860. The van der Waals surface area contributed by atoms with Gasteiger partial charge in [-0.05, 0) is 29.7 Å². The molecule has 0 atom stereocenters. The van der Waals surface area contributed by atoms with Crippen LogP contribution in [0.25, 0.3) is 0 Å². The maximum Gasteiger partial charge on any atom is 0.315 e. The van der Waals surface area contributed by atoms with Crippen LogP contribution in [0.2, 0.25) is 0 Å². The Morgan fingerprint density at radius 1 is 0.909 bits per heavy atom. The van der Waals surface area contributed by atoms with Crippen LogP contribution in [0.3, 0.4) is 0 Å². The molecular formula is C18H22N2O2. The van der Waals surface area contributed by atoms with Crippen LogP contribution >= 0.6 is 0 Å². The quantitative estimate of drug-likeness (QED) is 0.822. The number of urea groups is 1. The van der Waals surface area contributed by atoms with Gasteiger partial charge in [-0.25, -0.2) is 4.79 Å². The molecule has 4 nitrogen and oxygen atoms in total. The van der Waals surface area contributed by atoms with Crippen LogP contribution in [0, 0.1) is 0 Å². The number of ether oxygens (including phenoxy) is 1. The van der Waals surface area contributed by atoms with E-state index in [1.807, 2.05) is 54.6 Å². The molecule has 4 heteroatoms. The summed E-state index contributed by atoms with van der Waals surface area (Å²) in [5, 5.41) is 5.67. The molecule has 116 valence electrons. The van der Waals surface area contributed by atoms with Crippen LogP contribution in [0.1, 0.15) is 24.5 Å². The first-order chi connectivity index (χ1) is 10.8. The molecule has 0 saturated heterocycles. The minimum absolute atomic E-state index is 0.171. The highest BCUT2D eigenvalue weighted by atomic mass is 16.5. The molecule has 0 aliphatic rings. The number of rotatable bonds is 7. The topological polar surface area (TPSA) is 50.4 Å². The Morgan fingerprint density at radius 2 is 1.50 bits per heavy atom. The van der Waals surface area contributed by atoms with Gasteiger partial charge in [-0.3, -0.25) is 0 Å². The molecule has 2 rings (SSSR count). The monoisotopic (exact) mass is 298 g/mol. The molecule has 2 aromatic rings. The molecule has 0 aliphatic heterocycles. The summed E-state index contributed by atoms with van der Waals surface area (Å²) in [5.41, 5.74) is 2.12. The van der Waals surface area contributed by atoms with E-state index < -0.39 is 0 Å². The molecule has 22 heavy (non-hydrogen) atoms. The fraction of sp³-hybridized carbons (Fsp3) is 0.278. The zero-order valence-corrected chi connectivity index (χ0v) is 12.8. The van der Waals surface area contributed by atoms with Crippen molar-refractivity contribution in [2.75, 3.05) is 6.61 Å². The summed E-state index contributed by atoms with van der Waals surface area (Å²) in [4.78, 5) is 11.8. The van der Waals surface area contributed by atoms with E-state index in [1.165, 1.54) is 0 Å². The van der Waals surface area contributed by atoms with Gasteiger partial charge in [0.05, 0.1) is 6.61 Å². The minimum atomic E-state index is -0.171. The van der Waals surface area contributed by atoms with E-state index in [2.05, 4.69) is 17.6 Å². The van der Waals surface area contributed by atoms with E-state index in [0.29, 0.717) is 13.1 Å². The predicted octanol–water partition coefficient (Wildman–Crippen LogP) is 3.47. The lowest BCUT2D eigenvalue weighted by Gasteiger charge is -2.09. The van der Waals surface area contributed by atoms with Crippen molar-refractivity contribution in [2.45, 2.75) is 26.4 Å². The van der Waals surface area contributed by atoms with Gasteiger partial charge in [-0.1, -0.05) is 49.4 Å². The fourth-order valence-electron chi connectivity index (χ4n) is 1.95. The van der Waals surface area contributed by atoms with Gasteiger partial charge in [0.15, 0.2) is 0 Å². The Balaban J connectivity index is 1.71. The number of hydrogen-bond acceptors (Lipinski definition) is 2. The van der Waals surface area contributed by atoms with Gasteiger partial charge >= 0.3 is 6.03 Å². The van der Waals surface area contributed by atoms with Gasteiger partial charge in [0.1, 0.15) is 5.75 Å². The molecule has 0 aromatic heterocycles. The zero-order valence-electron chi connectivity index (χ0n) is 12.8. The smallest absolute Gasteiger partial charge is 0.315 e. The molecule has 0 heterocycles. The normalized spacial score (nSPS) is 10.0. The molecule has 0 aliphatic carbocycles.